The molecule has 1 amide bonds. The molecule has 1 aliphatic rings. The maximum Gasteiger partial charge on any atom is 0.265 e. The topological polar surface area (TPSA) is 36.4 Å². The summed E-state index contributed by atoms with van der Waals surface area (Å²) in [6.07, 6.45) is 4.26. The van der Waals surface area contributed by atoms with Crippen molar-refractivity contribution in [3.05, 3.63) is 50.4 Å². The number of carbonyl (C=O) groups is 1. The van der Waals surface area contributed by atoms with E-state index < -0.39 is 0 Å². The Morgan fingerprint density at radius 3 is 2.70 bits per heavy atom. The third-order valence-electron chi connectivity index (χ3n) is 4.97. The van der Waals surface area contributed by atoms with E-state index in [-0.39, 0.29) is 5.91 Å². The van der Waals surface area contributed by atoms with Crippen LogP contribution in [0.4, 0.5) is 0 Å². The molecule has 3 rings (SSSR count). The monoisotopic (exact) mass is 405 g/mol. The molecule has 1 saturated heterocycles. The number of nitrogens with zero attached hydrogens (tertiary/aromatic N) is 3. The molecule has 0 aliphatic carbocycles. The van der Waals surface area contributed by atoms with Crippen LogP contribution in [-0.2, 0) is 13.0 Å². The number of hydrogen-bond acceptors (Lipinski definition) is 4. The number of carbonyl (C=O) groups excluding carboxylic acids is 1. The molecule has 1 aromatic heterocycles. The molecule has 0 saturated carbocycles. The van der Waals surface area contributed by atoms with Crippen molar-refractivity contribution in [2.45, 2.75) is 46.1 Å². The Labute approximate surface area is 171 Å². The number of unbranched alkanes of at least 4 members (excludes halogenated alkanes) is 1. The van der Waals surface area contributed by atoms with Gasteiger partial charge in [-0.3, -0.25) is 9.69 Å². The largest absolute Gasteiger partial charge is 0.337 e. The van der Waals surface area contributed by atoms with Crippen LogP contribution in [0.15, 0.2) is 24.3 Å². The molecule has 0 spiro atoms. The van der Waals surface area contributed by atoms with E-state index in [2.05, 4.69) is 28.9 Å². The standard InChI is InChI=1S/C21H28ClN3OS/c1-3-4-6-19-23-16(2)20(27-19)21(26)25-12-5-11-24(13-14-25)15-17-7-9-18(22)10-8-17/h7-10H,3-6,11-15H2,1-2H3. The molecule has 146 valence electrons. The fourth-order valence-corrected chi connectivity index (χ4v) is 4.61. The summed E-state index contributed by atoms with van der Waals surface area (Å²) >= 11 is 7.56. The summed E-state index contributed by atoms with van der Waals surface area (Å²) in [7, 11) is 0. The van der Waals surface area contributed by atoms with Crippen LogP contribution in [0.1, 0.15) is 52.1 Å². The molecule has 1 aliphatic heterocycles. The minimum Gasteiger partial charge on any atom is -0.337 e. The average Bonchev–Trinajstić information content (AvgIpc) is 2.87. The maximum atomic E-state index is 13.0. The van der Waals surface area contributed by atoms with Gasteiger partial charge in [-0.2, -0.15) is 0 Å². The van der Waals surface area contributed by atoms with Crippen molar-refractivity contribution < 1.29 is 4.79 Å². The highest BCUT2D eigenvalue weighted by Crippen LogP contribution is 2.22. The third kappa shape index (κ3) is 5.53. The van der Waals surface area contributed by atoms with Gasteiger partial charge in [-0.15, -0.1) is 11.3 Å². The molecule has 0 unspecified atom stereocenters. The highest BCUT2D eigenvalue weighted by Gasteiger charge is 2.24. The summed E-state index contributed by atoms with van der Waals surface area (Å²) < 4.78 is 0. The lowest BCUT2D eigenvalue weighted by Crippen LogP contribution is -2.35. The summed E-state index contributed by atoms with van der Waals surface area (Å²) in [6, 6.07) is 8.03. The van der Waals surface area contributed by atoms with E-state index in [0.29, 0.717) is 0 Å². The van der Waals surface area contributed by atoms with Gasteiger partial charge in [0, 0.05) is 37.7 Å². The summed E-state index contributed by atoms with van der Waals surface area (Å²) in [5.74, 6) is 0.154. The average molecular weight is 406 g/mol. The van der Waals surface area contributed by atoms with Crippen LogP contribution in [0, 0.1) is 6.92 Å². The van der Waals surface area contributed by atoms with E-state index in [1.54, 1.807) is 11.3 Å². The SMILES string of the molecule is CCCCc1nc(C)c(C(=O)N2CCCN(Cc3ccc(Cl)cc3)CC2)s1. The molecule has 2 heterocycles. The molecule has 1 aromatic carbocycles. The first-order valence-electron chi connectivity index (χ1n) is 9.79. The predicted molar refractivity (Wildman–Crippen MR) is 113 cm³/mol. The van der Waals surface area contributed by atoms with Gasteiger partial charge in [0.1, 0.15) is 4.88 Å². The van der Waals surface area contributed by atoms with Crippen LogP contribution in [0.3, 0.4) is 0 Å². The van der Waals surface area contributed by atoms with Crippen molar-refractivity contribution in [2.75, 3.05) is 26.2 Å². The normalized spacial score (nSPS) is 15.7. The molecule has 0 bridgehead atoms. The highest BCUT2D eigenvalue weighted by atomic mass is 35.5. The number of aryl methyl sites for hydroxylation is 2. The van der Waals surface area contributed by atoms with Crippen LogP contribution in [-0.4, -0.2) is 46.9 Å². The van der Waals surface area contributed by atoms with Crippen molar-refractivity contribution in [1.29, 1.82) is 0 Å². The first kappa shape index (κ1) is 20.3. The number of aromatic nitrogens is 1. The number of halogens is 1. The number of benzene rings is 1. The zero-order chi connectivity index (χ0) is 19.2. The molecule has 2 aromatic rings. The lowest BCUT2D eigenvalue weighted by atomic mass is 10.2. The van der Waals surface area contributed by atoms with Gasteiger partial charge in [0.2, 0.25) is 0 Å². The molecule has 0 N–H and O–H groups in total. The second-order valence-electron chi connectivity index (χ2n) is 7.17. The zero-order valence-corrected chi connectivity index (χ0v) is 17.8. The van der Waals surface area contributed by atoms with E-state index in [1.165, 1.54) is 5.56 Å². The number of rotatable bonds is 6. The van der Waals surface area contributed by atoms with Crippen molar-refractivity contribution >= 4 is 28.8 Å². The second kappa shape index (κ2) is 9.67. The van der Waals surface area contributed by atoms with Gasteiger partial charge in [0.25, 0.3) is 5.91 Å². The number of hydrogen-bond donors (Lipinski definition) is 0. The van der Waals surface area contributed by atoms with Gasteiger partial charge in [-0.05, 0) is 43.9 Å². The van der Waals surface area contributed by atoms with Gasteiger partial charge in [-0.25, -0.2) is 4.98 Å². The summed E-state index contributed by atoms with van der Waals surface area (Å²) in [5.41, 5.74) is 2.15. The van der Waals surface area contributed by atoms with E-state index in [0.717, 1.165) is 79.0 Å². The Bertz CT molecular complexity index is 759. The van der Waals surface area contributed by atoms with E-state index in [9.17, 15) is 4.79 Å². The third-order valence-corrected chi connectivity index (χ3v) is 6.43. The van der Waals surface area contributed by atoms with Gasteiger partial charge in [0.15, 0.2) is 0 Å². The predicted octanol–water partition coefficient (Wildman–Crippen LogP) is 4.80. The van der Waals surface area contributed by atoms with Crippen molar-refractivity contribution in [1.82, 2.24) is 14.8 Å². The van der Waals surface area contributed by atoms with Gasteiger partial charge in [-0.1, -0.05) is 37.1 Å². The molecule has 1 fully saturated rings. The Morgan fingerprint density at radius 1 is 1.19 bits per heavy atom. The number of amides is 1. The molecule has 6 heteroatoms. The highest BCUT2D eigenvalue weighted by molar-refractivity contribution is 7.13. The van der Waals surface area contributed by atoms with Crippen molar-refractivity contribution in [3.63, 3.8) is 0 Å². The Morgan fingerprint density at radius 2 is 1.96 bits per heavy atom. The van der Waals surface area contributed by atoms with Crippen LogP contribution < -0.4 is 0 Å². The van der Waals surface area contributed by atoms with Crippen LogP contribution in [0.2, 0.25) is 5.02 Å². The fourth-order valence-electron chi connectivity index (χ4n) is 3.41. The zero-order valence-electron chi connectivity index (χ0n) is 16.2. The minimum atomic E-state index is 0.154. The van der Waals surface area contributed by atoms with Crippen LogP contribution >= 0.6 is 22.9 Å². The molecule has 27 heavy (non-hydrogen) atoms. The van der Waals surface area contributed by atoms with Gasteiger partial charge < -0.3 is 4.90 Å². The Kier molecular flexibility index (Phi) is 7.27. The van der Waals surface area contributed by atoms with Crippen molar-refractivity contribution in [2.24, 2.45) is 0 Å². The van der Waals surface area contributed by atoms with E-state index >= 15 is 0 Å². The minimum absolute atomic E-state index is 0.154. The van der Waals surface area contributed by atoms with Crippen LogP contribution in [0.25, 0.3) is 0 Å². The Hall–Kier alpha value is -1.43. The summed E-state index contributed by atoms with van der Waals surface area (Å²) in [5, 5.41) is 1.86. The molecular formula is C21H28ClN3OS. The van der Waals surface area contributed by atoms with E-state index in [1.807, 2.05) is 24.0 Å². The van der Waals surface area contributed by atoms with E-state index in [4.69, 9.17) is 11.6 Å². The van der Waals surface area contributed by atoms with Gasteiger partial charge >= 0.3 is 0 Å². The summed E-state index contributed by atoms with van der Waals surface area (Å²) in [6.45, 7) is 8.54. The molecule has 0 radical (unpaired) electrons. The summed E-state index contributed by atoms with van der Waals surface area (Å²) in [4.78, 5) is 22.9. The fraction of sp³-hybridized carbons (Fsp3) is 0.524. The first-order chi connectivity index (χ1) is 13.1. The lowest BCUT2D eigenvalue weighted by Gasteiger charge is -2.22. The smallest absolute Gasteiger partial charge is 0.265 e. The van der Waals surface area contributed by atoms with Gasteiger partial charge in [0.05, 0.1) is 10.7 Å². The van der Waals surface area contributed by atoms with Crippen LogP contribution in [0.5, 0.6) is 0 Å². The lowest BCUT2D eigenvalue weighted by molar-refractivity contribution is 0.0765. The maximum absolute atomic E-state index is 13.0. The quantitative estimate of drug-likeness (QED) is 0.692. The second-order valence-corrected chi connectivity index (χ2v) is 8.69. The molecule has 4 nitrogen and oxygen atoms in total. The molecular weight excluding hydrogens is 378 g/mol. The molecule has 0 atom stereocenters. The van der Waals surface area contributed by atoms with Crippen molar-refractivity contribution in [3.8, 4) is 0 Å². The number of thiazole rings is 1. The first-order valence-corrected chi connectivity index (χ1v) is 11.0. The Balaban J connectivity index is 1.59.